The van der Waals surface area contributed by atoms with E-state index in [2.05, 4.69) is 58.9 Å². The number of nitrogens with two attached hydrogens (primary N) is 1. The largest absolute Gasteiger partial charge is 0.327 e. The first kappa shape index (κ1) is 16.5. The fraction of sp³-hybridized carbons (Fsp3) is 0.700. The molecule has 3 unspecified atom stereocenters. The first-order chi connectivity index (χ1) is 9.77. The van der Waals surface area contributed by atoms with Gasteiger partial charge in [-0.05, 0) is 60.0 Å². The van der Waals surface area contributed by atoms with Crippen LogP contribution < -0.4 is 5.73 Å². The molecule has 21 heavy (non-hydrogen) atoms. The summed E-state index contributed by atoms with van der Waals surface area (Å²) in [6, 6.07) is 9.52. The van der Waals surface area contributed by atoms with E-state index in [1.165, 1.54) is 36.8 Å². The second-order valence-corrected chi connectivity index (χ2v) is 8.49. The lowest BCUT2D eigenvalue weighted by Crippen LogP contribution is -2.38. The van der Waals surface area contributed by atoms with Crippen LogP contribution in [0.15, 0.2) is 24.3 Å². The van der Waals surface area contributed by atoms with Crippen LogP contribution >= 0.6 is 0 Å². The minimum Gasteiger partial charge on any atom is -0.327 e. The maximum absolute atomic E-state index is 6.47. The van der Waals surface area contributed by atoms with E-state index in [4.69, 9.17) is 5.73 Å². The van der Waals surface area contributed by atoms with Crippen molar-refractivity contribution in [1.29, 1.82) is 0 Å². The Morgan fingerprint density at radius 2 is 1.90 bits per heavy atom. The summed E-state index contributed by atoms with van der Waals surface area (Å²) in [4.78, 5) is 0. The third-order valence-corrected chi connectivity index (χ3v) is 5.15. The number of hydrogen-bond acceptors (Lipinski definition) is 1. The van der Waals surface area contributed by atoms with Crippen molar-refractivity contribution in [3.63, 3.8) is 0 Å². The number of benzene rings is 1. The molecule has 1 nitrogen and oxygen atoms in total. The van der Waals surface area contributed by atoms with Gasteiger partial charge in [-0.3, -0.25) is 0 Å². The zero-order valence-corrected chi connectivity index (χ0v) is 14.5. The molecule has 0 amide bonds. The van der Waals surface area contributed by atoms with E-state index in [9.17, 15) is 0 Å². The topological polar surface area (TPSA) is 26.0 Å². The summed E-state index contributed by atoms with van der Waals surface area (Å²) in [6.07, 6.45) is 4.86. The number of rotatable bonds is 3. The van der Waals surface area contributed by atoms with E-state index in [1.54, 1.807) is 0 Å². The van der Waals surface area contributed by atoms with Crippen molar-refractivity contribution >= 4 is 0 Å². The third kappa shape index (κ3) is 4.32. The molecule has 2 rings (SSSR count). The standard InChI is InChI=1S/C20H33N/c1-14(2)11-15-7-6-8-16(12-15)18-13-17(20(3,4)5)9-10-19(18)21/h6-8,12,14,17-19H,9-11,13,21H2,1-5H3. The van der Waals surface area contributed by atoms with Gasteiger partial charge in [0.05, 0.1) is 0 Å². The molecule has 1 aromatic carbocycles. The summed E-state index contributed by atoms with van der Waals surface area (Å²) in [7, 11) is 0. The second-order valence-electron chi connectivity index (χ2n) is 8.49. The smallest absolute Gasteiger partial charge is 0.0108 e. The van der Waals surface area contributed by atoms with Crippen LogP contribution in [0.4, 0.5) is 0 Å². The summed E-state index contributed by atoms with van der Waals surface area (Å²) in [5, 5.41) is 0. The Hall–Kier alpha value is -0.820. The molecule has 118 valence electrons. The Morgan fingerprint density at radius 3 is 2.52 bits per heavy atom. The number of hydrogen-bond donors (Lipinski definition) is 1. The Morgan fingerprint density at radius 1 is 1.19 bits per heavy atom. The van der Waals surface area contributed by atoms with Crippen LogP contribution in [0.5, 0.6) is 0 Å². The summed E-state index contributed by atoms with van der Waals surface area (Å²) in [5.74, 6) is 2.04. The molecule has 2 N–H and O–H groups in total. The first-order valence-corrected chi connectivity index (χ1v) is 8.61. The lowest BCUT2D eigenvalue weighted by atomic mass is 9.66. The fourth-order valence-corrected chi connectivity index (χ4v) is 3.79. The van der Waals surface area contributed by atoms with E-state index >= 15 is 0 Å². The molecule has 0 heterocycles. The highest BCUT2D eigenvalue weighted by Gasteiger charge is 2.35. The van der Waals surface area contributed by atoms with E-state index in [0.717, 1.165) is 5.92 Å². The molecular formula is C20H33N. The fourth-order valence-electron chi connectivity index (χ4n) is 3.79. The summed E-state index contributed by atoms with van der Waals surface area (Å²) < 4.78 is 0. The molecule has 1 heteroatoms. The normalized spacial score (nSPS) is 27.1. The van der Waals surface area contributed by atoms with Crippen LogP contribution in [0.2, 0.25) is 0 Å². The van der Waals surface area contributed by atoms with E-state index in [-0.39, 0.29) is 0 Å². The van der Waals surface area contributed by atoms with Crippen molar-refractivity contribution in [2.24, 2.45) is 23.0 Å². The van der Waals surface area contributed by atoms with Gasteiger partial charge in [0.2, 0.25) is 0 Å². The van der Waals surface area contributed by atoms with Crippen molar-refractivity contribution in [3.05, 3.63) is 35.4 Å². The Bertz CT molecular complexity index is 455. The highest BCUT2D eigenvalue weighted by Crippen LogP contribution is 2.43. The van der Waals surface area contributed by atoms with Gasteiger partial charge in [0, 0.05) is 6.04 Å². The average molecular weight is 287 g/mol. The monoisotopic (exact) mass is 287 g/mol. The third-order valence-electron chi connectivity index (χ3n) is 5.15. The Labute approximate surface area is 131 Å². The van der Waals surface area contributed by atoms with E-state index in [1.807, 2.05) is 0 Å². The SMILES string of the molecule is CC(C)Cc1cccc(C2CC(C(C)(C)C)CCC2N)c1. The van der Waals surface area contributed by atoms with Gasteiger partial charge in [-0.15, -0.1) is 0 Å². The van der Waals surface area contributed by atoms with Gasteiger partial charge in [0.15, 0.2) is 0 Å². The van der Waals surface area contributed by atoms with Crippen molar-refractivity contribution in [1.82, 2.24) is 0 Å². The molecule has 1 aliphatic carbocycles. The molecule has 1 fully saturated rings. The van der Waals surface area contributed by atoms with Crippen LogP contribution in [0.3, 0.4) is 0 Å². The molecule has 0 bridgehead atoms. The lowest BCUT2D eigenvalue weighted by Gasteiger charge is -2.41. The van der Waals surface area contributed by atoms with Gasteiger partial charge >= 0.3 is 0 Å². The maximum atomic E-state index is 6.47. The molecule has 0 saturated heterocycles. The van der Waals surface area contributed by atoms with Crippen LogP contribution in [0.1, 0.15) is 70.9 Å². The highest BCUT2D eigenvalue weighted by atomic mass is 14.7. The Kier molecular flexibility index (Phi) is 5.14. The van der Waals surface area contributed by atoms with E-state index in [0.29, 0.717) is 23.3 Å². The zero-order chi connectivity index (χ0) is 15.6. The molecule has 1 saturated carbocycles. The molecule has 0 aliphatic heterocycles. The van der Waals surface area contributed by atoms with Gasteiger partial charge in [-0.1, -0.05) is 58.9 Å². The minimum absolute atomic E-state index is 0.331. The summed E-state index contributed by atoms with van der Waals surface area (Å²) in [6.45, 7) is 11.7. The molecule has 0 aromatic heterocycles. The van der Waals surface area contributed by atoms with Crippen molar-refractivity contribution in [2.75, 3.05) is 0 Å². The lowest BCUT2D eigenvalue weighted by molar-refractivity contribution is 0.154. The first-order valence-electron chi connectivity index (χ1n) is 8.61. The minimum atomic E-state index is 0.331. The van der Waals surface area contributed by atoms with Crippen LogP contribution in [0.25, 0.3) is 0 Å². The van der Waals surface area contributed by atoms with Gasteiger partial charge in [-0.2, -0.15) is 0 Å². The van der Waals surface area contributed by atoms with Crippen molar-refractivity contribution in [3.8, 4) is 0 Å². The zero-order valence-electron chi connectivity index (χ0n) is 14.5. The Balaban J connectivity index is 2.18. The summed E-state index contributed by atoms with van der Waals surface area (Å²) >= 11 is 0. The van der Waals surface area contributed by atoms with Crippen LogP contribution in [0, 0.1) is 17.3 Å². The van der Waals surface area contributed by atoms with Crippen LogP contribution in [-0.4, -0.2) is 6.04 Å². The molecule has 0 radical (unpaired) electrons. The van der Waals surface area contributed by atoms with Gasteiger partial charge < -0.3 is 5.73 Å². The van der Waals surface area contributed by atoms with Gasteiger partial charge in [0.25, 0.3) is 0 Å². The molecular weight excluding hydrogens is 254 g/mol. The van der Waals surface area contributed by atoms with Gasteiger partial charge in [0.1, 0.15) is 0 Å². The molecule has 1 aromatic rings. The highest BCUT2D eigenvalue weighted by molar-refractivity contribution is 5.28. The maximum Gasteiger partial charge on any atom is 0.0108 e. The quantitative estimate of drug-likeness (QED) is 0.818. The molecule has 1 aliphatic rings. The predicted octanol–water partition coefficient (Wildman–Crippen LogP) is 5.14. The van der Waals surface area contributed by atoms with Crippen molar-refractivity contribution in [2.45, 2.75) is 72.3 Å². The van der Waals surface area contributed by atoms with E-state index < -0.39 is 0 Å². The average Bonchev–Trinajstić information content (AvgIpc) is 2.37. The summed E-state index contributed by atoms with van der Waals surface area (Å²) in [5.41, 5.74) is 9.80. The second kappa shape index (κ2) is 6.52. The molecule has 3 atom stereocenters. The van der Waals surface area contributed by atoms with Crippen LogP contribution in [-0.2, 0) is 6.42 Å². The van der Waals surface area contributed by atoms with Crippen molar-refractivity contribution < 1.29 is 0 Å². The van der Waals surface area contributed by atoms with Gasteiger partial charge in [-0.25, -0.2) is 0 Å². The molecule has 0 spiro atoms. The predicted molar refractivity (Wildman–Crippen MR) is 92.5 cm³/mol.